The summed E-state index contributed by atoms with van der Waals surface area (Å²) in [5.74, 6) is 0.793. The minimum Gasteiger partial charge on any atom is -0.326 e. The number of hydrogen-bond acceptors (Lipinski definition) is 4. The molecule has 0 aromatic heterocycles. The molecule has 1 aromatic rings. The van der Waals surface area contributed by atoms with E-state index in [4.69, 9.17) is 0 Å². The first kappa shape index (κ1) is 16.5. The third-order valence-electron chi connectivity index (χ3n) is 3.58. The van der Waals surface area contributed by atoms with E-state index in [0.717, 1.165) is 25.1 Å². The standard InChI is InChI=1S/C16H21N3O2S/c1-3-11(4-2)14(20)18-13-7-5-12(6-8-13)15(21)19-16-17-9-10-22-16/h5-8,11H,3-4,9-10H2,1-2H3,(H,18,20)(H,17,19,21). The Hall–Kier alpha value is -1.82. The summed E-state index contributed by atoms with van der Waals surface area (Å²) in [4.78, 5) is 28.2. The van der Waals surface area contributed by atoms with Crippen molar-refractivity contribution in [3.63, 3.8) is 0 Å². The number of amidine groups is 1. The minimum atomic E-state index is -0.175. The number of carbonyl (C=O) groups is 2. The maximum absolute atomic E-state index is 12.0. The van der Waals surface area contributed by atoms with Gasteiger partial charge in [-0.2, -0.15) is 0 Å². The van der Waals surface area contributed by atoms with Crippen LogP contribution in [0.3, 0.4) is 0 Å². The van der Waals surface area contributed by atoms with E-state index in [9.17, 15) is 9.59 Å². The smallest absolute Gasteiger partial charge is 0.257 e. The van der Waals surface area contributed by atoms with Crippen LogP contribution in [0.15, 0.2) is 29.3 Å². The van der Waals surface area contributed by atoms with Gasteiger partial charge in [0, 0.05) is 22.9 Å². The van der Waals surface area contributed by atoms with Gasteiger partial charge in [0.25, 0.3) is 5.91 Å². The van der Waals surface area contributed by atoms with Gasteiger partial charge in [-0.15, -0.1) is 0 Å². The first-order valence-corrected chi connectivity index (χ1v) is 8.52. The lowest BCUT2D eigenvalue weighted by Gasteiger charge is -2.13. The van der Waals surface area contributed by atoms with Crippen LogP contribution < -0.4 is 10.6 Å². The Morgan fingerprint density at radius 3 is 2.41 bits per heavy atom. The number of nitrogens with one attached hydrogen (secondary N) is 2. The molecule has 0 saturated carbocycles. The van der Waals surface area contributed by atoms with Crippen molar-refractivity contribution in [2.75, 3.05) is 17.6 Å². The van der Waals surface area contributed by atoms with E-state index in [2.05, 4.69) is 15.6 Å². The highest BCUT2D eigenvalue weighted by Gasteiger charge is 2.15. The van der Waals surface area contributed by atoms with Crippen molar-refractivity contribution in [1.29, 1.82) is 0 Å². The molecule has 2 N–H and O–H groups in total. The highest BCUT2D eigenvalue weighted by molar-refractivity contribution is 8.14. The second-order valence-corrected chi connectivity index (χ2v) is 6.15. The van der Waals surface area contributed by atoms with Crippen LogP contribution in [0.2, 0.25) is 0 Å². The summed E-state index contributed by atoms with van der Waals surface area (Å²) < 4.78 is 0. The maximum atomic E-state index is 12.0. The van der Waals surface area contributed by atoms with Crippen LogP contribution in [0.1, 0.15) is 37.0 Å². The second-order valence-electron chi connectivity index (χ2n) is 5.07. The summed E-state index contributed by atoms with van der Waals surface area (Å²) in [7, 11) is 0. The molecule has 1 aliphatic rings. The molecule has 0 bridgehead atoms. The molecule has 118 valence electrons. The zero-order valence-electron chi connectivity index (χ0n) is 12.9. The van der Waals surface area contributed by atoms with Crippen LogP contribution >= 0.6 is 11.8 Å². The zero-order chi connectivity index (χ0) is 15.9. The molecule has 6 heteroatoms. The number of carbonyl (C=O) groups excluding carboxylic acids is 2. The molecular formula is C16H21N3O2S. The average Bonchev–Trinajstić information content (AvgIpc) is 3.02. The fraction of sp³-hybridized carbons (Fsp3) is 0.438. The molecule has 22 heavy (non-hydrogen) atoms. The monoisotopic (exact) mass is 319 g/mol. The van der Waals surface area contributed by atoms with Gasteiger partial charge in [0.2, 0.25) is 5.91 Å². The molecule has 0 atom stereocenters. The molecule has 5 nitrogen and oxygen atoms in total. The average molecular weight is 319 g/mol. The van der Waals surface area contributed by atoms with Crippen LogP contribution in [0.25, 0.3) is 0 Å². The summed E-state index contributed by atoms with van der Waals surface area (Å²) in [5.41, 5.74) is 1.26. The highest BCUT2D eigenvalue weighted by Crippen LogP contribution is 2.15. The van der Waals surface area contributed by atoms with Crippen molar-refractivity contribution in [2.24, 2.45) is 10.9 Å². The largest absolute Gasteiger partial charge is 0.326 e. The summed E-state index contributed by atoms with van der Waals surface area (Å²) >= 11 is 1.55. The minimum absolute atomic E-state index is 0.0268. The lowest BCUT2D eigenvalue weighted by molar-refractivity contribution is -0.120. The Balaban J connectivity index is 1.94. The molecular weight excluding hydrogens is 298 g/mol. The molecule has 0 spiro atoms. The highest BCUT2D eigenvalue weighted by atomic mass is 32.2. The third kappa shape index (κ3) is 4.34. The summed E-state index contributed by atoms with van der Waals surface area (Å²) in [6.07, 6.45) is 1.64. The quantitative estimate of drug-likeness (QED) is 0.876. The third-order valence-corrected chi connectivity index (χ3v) is 4.47. The number of aliphatic imine (C=N–C) groups is 1. The van der Waals surface area contributed by atoms with Crippen LogP contribution in [0, 0.1) is 5.92 Å². The molecule has 2 amide bonds. The van der Waals surface area contributed by atoms with Gasteiger partial charge in [0.1, 0.15) is 0 Å². The van der Waals surface area contributed by atoms with Gasteiger partial charge in [-0.3, -0.25) is 14.6 Å². The van der Waals surface area contributed by atoms with E-state index in [0.29, 0.717) is 16.4 Å². The van der Waals surface area contributed by atoms with Crippen molar-refractivity contribution in [2.45, 2.75) is 26.7 Å². The Kier molecular flexibility index (Phi) is 6.00. The van der Waals surface area contributed by atoms with Crippen LogP contribution in [0.4, 0.5) is 5.69 Å². The molecule has 2 rings (SSSR count). The van der Waals surface area contributed by atoms with Crippen molar-refractivity contribution < 1.29 is 9.59 Å². The van der Waals surface area contributed by atoms with Crippen LogP contribution in [0.5, 0.6) is 0 Å². The molecule has 0 aliphatic carbocycles. The lowest BCUT2D eigenvalue weighted by atomic mass is 10.0. The fourth-order valence-corrected chi connectivity index (χ4v) is 2.91. The van der Waals surface area contributed by atoms with Crippen molar-refractivity contribution >= 4 is 34.4 Å². The van der Waals surface area contributed by atoms with Crippen LogP contribution in [-0.2, 0) is 4.79 Å². The summed E-state index contributed by atoms with van der Waals surface area (Å²) in [5, 5.41) is 6.34. The van der Waals surface area contributed by atoms with Gasteiger partial charge < -0.3 is 10.6 Å². The Labute approximate surface area is 135 Å². The van der Waals surface area contributed by atoms with Crippen LogP contribution in [-0.4, -0.2) is 29.3 Å². The van der Waals surface area contributed by atoms with Gasteiger partial charge in [-0.05, 0) is 37.1 Å². The molecule has 0 fully saturated rings. The molecule has 0 unspecified atom stereocenters. The number of rotatable bonds is 5. The number of hydrogen-bond donors (Lipinski definition) is 2. The van der Waals surface area contributed by atoms with Gasteiger partial charge in [0.15, 0.2) is 5.17 Å². The van der Waals surface area contributed by atoms with E-state index in [1.54, 1.807) is 36.0 Å². The molecule has 1 aliphatic heterocycles. The number of anilines is 1. The van der Waals surface area contributed by atoms with E-state index in [1.165, 1.54) is 0 Å². The number of thioether (sulfide) groups is 1. The van der Waals surface area contributed by atoms with Crippen molar-refractivity contribution in [3.8, 4) is 0 Å². The van der Waals surface area contributed by atoms with E-state index < -0.39 is 0 Å². The zero-order valence-corrected chi connectivity index (χ0v) is 13.7. The fourth-order valence-electron chi connectivity index (χ4n) is 2.19. The predicted molar refractivity (Wildman–Crippen MR) is 91.4 cm³/mol. The van der Waals surface area contributed by atoms with Gasteiger partial charge in [-0.25, -0.2) is 0 Å². The summed E-state index contributed by atoms with van der Waals surface area (Å²) in [6.45, 7) is 4.76. The Morgan fingerprint density at radius 2 is 1.86 bits per heavy atom. The van der Waals surface area contributed by atoms with Crippen molar-refractivity contribution in [1.82, 2.24) is 5.32 Å². The van der Waals surface area contributed by atoms with Crippen molar-refractivity contribution in [3.05, 3.63) is 29.8 Å². The van der Waals surface area contributed by atoms with E-state index >= 15 is 0 Å². The van der Waals surface area contributed by atoms with Gasteiger partial charge in [0.05, 0.1) is 6.54 Å². The Bertz CT molecular complexity index is 565. The molecule has 0 radical (unpaired) electrons. The predicted octanol–water partition coefficient (Wildman–Crippen LogP) is 2.89. The SMILES string of the molecule is CCC(CC)C(=O)Nc1ccc(C(=O)NC2=NCCS2)cc1. The number of amides is 2. The normalized spacial score (nSPS) is 13.9. The molecule has 1 heterocycles. The molecule has 0 saturated heterocycles. The van der Waals surface area contributed by atoms with E-state index in [-0.39, 0.29) is 17.7 Å². The van der Waals surface area contributed by atoms with Gasteiger partial charge >= 0.3 is 0 Å². The molecule has 1 aromatic carbocycles. The first-order valence-electron chi connectivity index (χ1n) is 7.53. The Morgan fingerprint density at radius 1 is 1.18 bits per heavy atom. The number of nitrogens with zero attached hydrogens (tertiary/aromatic N) is 1. The maximum Gasteiger partial charge on any atom is 0.257 e. The lowest BCUT2D eigenvalue weighted by Crippen LogP contribution is -2.27. The number of benzene rings is 1. The summed E-state index contributed by atoms with van der Waals surface area (Å²) in [6, 6.07) is 6.91. The first-order chi connectivity index (χ1) is 10.6. The van der Waals surface area contributed by atoms with E-state index in [1.807, 2.05) is 13.8 Å². The van der Waals surface area contributed by atoms with Gasteiger partial charge in [-0.1, -0.05) is 25.6 Å². The topological polar surface area (TPSA) is 70.6 Å². The second kappa shape index (κ2) is 7.98.